The zero-order valence-electron chi connectivity index (χ0n) is 4.96. The first kappa shape index (κ1) is 7.46. The minimum absolute atomic E-state index is 0.0568. The van der Waals surface area contributed by atoms with E-state index in [0.29, 0.717) is 12.3 Å². The minimum Gasteiger partial charge on any atom is -0.396 e. The second-order valence-corrected chi connectivity index (χ2v) is 4.56. The van der Waals surface area contributed by atoms with Gasteiger partial charge in [0.05, 0.1) is 12.0 Å². The first-order valence-electron chi connectivity index (χ1n) is 2.91. The Labute approximate surface area is 60.0 Å². The topological polar surface area (TPSA) is 37.3 Å². The van der Waals surface area contributed by atoms with E-state index in [-0.39, 0.29) is 17.9 Å². The van der Waals surface area contributed by atoms with Gasteiger partial charge in [-0.2, -0.15) is 0 Å². The number of hydrogen-bond donors (Lipinski definition) is 1. The smallest absolute Gasteiger partial charge is 0.340 e. The molecule has 0 amide bonds. The third kappa shape index (κ3) is 1.64. The van der Waals surface area contributed by atoms with Crippen molar-refractivity contribution < 1.29 is 9.67 Å². The molecule has 0 spiro atoms. The number of halogens is 1. The van der Waals surface area contributed by atoms with Crippen LogP contribution in [-0.4, -0.2) is 29.4 Å². The van der Waals surface area contributed by atoms with Crippen LogP contribution in [-0.2, 0) is 4.57 Å². The third-order valence-corrected chi connectivity index (χ3v) is 3.96. The van der Waals surface area contributed by atoms with Crippen molar-refractivity contribution in [1.29, 1.82) is 0 Å². The second kappa shape index (κ2) is 2.96. The molecule has 0 aliphatic carbocycles. The molecule has 0 aromatic heterocycles. The van der Waals surface area contributed by atoms with Crippen LogP contribution in [0.5, 0.6) is 0 Å². The molecule has 3 unspecified atom stereocenters. The van der Waals surface area contributed by atoms with Gasteiger partial charge in [0.15, 0.2) is 12.3 Å². The van der Waals surface area contributed by atoms with Crippen molar-refractivity contribution in [2.75, 3.05) is 18.9 Å². The molecule has 1 N–H and O–H groups in total. The summed E-state index contributed by atoms with van der Waals surface area (Å²) in [5, 5.41) is 8.58. The highest BCUT2D eigenvalue weighted by Gasteiger charge is 2.39. The first-order valence-corrected chi connectivity index (χ1v) is 4.97. The number of alkyl halides is 1. The molecule has 0 saturated carbocycles. The van der Waals surface area contributed by atoms with E-state index in [9.17, 15) is 4.57 Å². The van der Waals surface area contributed by atoms with Crippen molar-refractivity contribution in [3.8, 4) is 0 Å². The SMILES string of the molecule is O=[P+]1CC(Cl)C(CO)C1. The van der Waals surface area contributed by atoms with Gasteiger partial charge in [-0.3, -0.25) is 0 Å². The number of rotatable bonds is 1. The van der Waals surface area contributed by atoms with Crippen molar-refractivity contribution in [3.05, 3.63) is 0 Å². The molecule has 3 atom stereocenters. The Hall–Kier alpha value is 0.350. The number of hydrogen-bond acceptors (Lipinski definition) is 2. The van der Waals surface area contributed by atoms with E-state index in [1.807, 2.05) is 0 Å². The highest BCUT2D eigenvalue weighted by Crippen LogP contribution is 2.38. The lowest BCUT2D eigenvalue weighted by atomic mass is 10.1. The molecular weight excluding hydrogens is 158 g/mol. The quantitative estimate of drug-likeness (QED) is 0.468. The predicted octanol–water partition coefficient (Wildman–Crippen LogP) is 1.04. The average Bonchev–Trinajstić information content (AvgIpc) is 2.10. The maximum absolute atomic E-state index is 10.8. The Balaban J connectivity index is 2.47. The molecule has 2 nitrogen and oxygen atoms in total. The largest absolute Gasteiger partial charge is 0.396 e. The van der Waals surface area contributed by atoms with E-state index in [1.54, 1.807) is 0 Å². The highest BCUT2D eigenvalue weighted by atomic mass is 35.5. The lowest BCUT2D eigenvalue weighted by Crippen LogP contribution is -2.15. The van der Waals surface area contributed by atoms with Crippen LogP contribution in [0.2, 0.25) is 0 Å². The van der Waals surface area contributed by atoms with Crippen molar-refractivity contribution in [2.24, 2.45) is 5.92 Å². The van der Waals surface area contributed by atoms with Gasteiger partial charge in [-0.25, -0.2) is 0 Å². The first-order chi connectivity index (χ1) is 4.24. The van der Waals surface area contributed by atoms with Crippen LogP contribution in [0.15, 0.2) is 0 Å². The van der Waals surface area contributed by atoms with E-state index in [0.717, 1.165) is 0 Å². The second-order valence-electron chi connectivity index (χ2n) is 2.31. The molecule has 4 heteroatoms. The van der Waals surface area contributed by atoms with Crippen molar-refractivity contribution in [1.82, 2.24) is 0 Å². The lowest BCUT2D eigenvalue weighted by Gasteiger charge is -2.01. The van der Waals surface area contributed by atoms with Crippen LogP contribution < -0.4 is 0 Å². The molecule has 1 heterocycles. The van der Waals surface area contributed by atoms with Crippen LogP contribution in [0.3, 0.4) is 0 Å². The van der Waals surface area contributed by atoms with Gasteiger partial charge in [0.2, 0.25) is 0 Å². The maximum Gasteiger partial charge on any atom is 0.340 e. The molecule has 1 rings (SSSR count). The van der Waals surface area contributed by atoms with Gasteiger partial charge >= 0.3 is 7.80 Å². The van der Waals surface area contributed by atoms with Crippen LogP contribution in [0.4, 0.5) is 0 Å². The molecule has 0 aromatic rings. The molecule has 52 valence electrons. The normalized spacial score (nSPS) is 39.6. The Morgan fingerprint density at radius 2 is 2.33 bits per heavy atom. The van der Waals surface area contributed by atoms with E-state index in [2.05, 4.69) is 0 Å². The summed E-state index contributed by atoms with van der Waals surface area (Å²) in [6, 6.07) is 0. The third-order valence-electron chi connectivity index (χ3n) is 1.56. The van der Waals surface area contributed by atoms with Crippen molar-refractivity contribution in [3.63, 3.8) is 0 Å². The number of aliphatic hydroxyl groups is 1. The molecule has 1 aliphatic heterocycles. The summed E-state index contributed by atoms with van der Waals surface area (Å²) in [4.78, 5) is 0. The summed E-state index contributed by atoms with van der Waals surface area (Å²) in [5.41, 5.74) is 0. The fraction of sp³-hybridized carbons (Fsp3) is 1.00. The van der Waals surface area contributed by atoms with Crippen LogP contribution in [0, 0.1) is 5.92 Å². The van der Waals surface area contributed by atoms with Gasteiger partial charge in [0, 0.05) is 5.92 Å². The van der Waals surface area contributed by atoms with Gasteiger partial charge in [-0.15, -0.1) is 11.6 Å². The van der Waals surface area contributed by atoms with Gasteiger partial charge < -0.3 is 5.11 Å². The molecule has 0 radical (unpaired) electrons. The van der Waals surface area contributed by atoms with E-state index < -0.39 is 7.80 Å². The molecule has 0 aromatic carbocycles. The summed E-state index contributed by atoms with van der Waals surface area (Å²) in [6.45, 7) is 0.0786. The lowest BCUT2D eigenvalue weighted by molar-refractivity contribution is 0.242. The molecule has 0 bridgehead atoms. The molecule has 9 heavy (non-hydrogen) atoms. The monoisotopic (exact) mass is 167 g/mol. The molecule has 1 saturated heterocycles. The van der Waals surface area contributed by atoms with Crippen LogP contribution in [0.1, 0.15) is 0 Å². The van der Waals surface area contributed by atoms with Crippen LogP contribution in [0.25, 0.3) is 0 Å². The van der Waals surface area contributed by atoms with Crippen molar-refractivity contribution >= 4 is 19.4 Å². The zero-order chi connectivity index (χ0) is 6.85. The summed E-state index contributed by atoms with van der Waals surface area (Å²) in [6.07, 6.45) is 1.20. The summed E-state index contributed by atoms with van der Waals surface area (Å²) >= 11 is 5.73. The van der Waals surface area contributed by atoms with Gasteiger partial charge in [-0.05, 0) is 0 Å². The Morgan fingerprint density at radius 3 is 2.56 bits per heavy atom. The van der Waals surface area contributed by atoms with Gasteiger partial charge in [0.1, 0.15) is 0 Å². The standard InChI is InChI=1S/C5H9ClO2P/c6-5-3-9(8)2-4(5)1-7/h4-5,7H,1-3H2/q+1. The summed E-state index contributed by atoms with van der Waals surface area (Å²) < 4.78 is 10.8. The molecule has 1 fully saturated rings. The maximum atomic E-state index is 10.8. The zero-order valence-corrected chi connectivity index (χ0v) is 6.61. The molecular formula is C5H9ClO2P+. The Bertz CT molecular complexity index is 128. The van der Waals surface area contributed by atoms with Crippen LogP contribution >= 0.6 is 19.4 Å². The van der Waals surface area contributed by atoms with Gasteiger partial charge in [-0.1, -0.05) is 4.57 Å². The predicted molar refractivity (Wildman–Crippen MR) is 37.6 cm³/mol. The fourth-order valence-electron chi connectivity index (χ4n) is 0.966. The number of aliphatic hydroxyl groups excluding tert-OH is 1. The fourth-order valence-corrected chi connectivity index (χ4v) is 3.45. The minimum atomic E-state index is -1.09. The van der Waals surface area contributed by atoms with Gasteiger partial charge in [0.25, 0.3) is 0 Å². The highest BCUT2D eigenvalue weighted by molar-refractivity contribution is 7.45. The van der Waals surface area contributed by atoms with E-state index >= 15 is 0 Å². The average molecular weight is 168 g/mol. The Kier molecular flexibility index (Phi) is 2.45. The summed E-state index contributed by atoms with van der Waals surface area (Å²) in [7, 11) is -1.09. The Morgan fingerprint density at radius 1 is 1.67 bits per heavy atom. The molecule has 1 aliphatic rings. The summed E-state index contributed by atoms with van der Waals surface area (Å²) in [5.74, 6) is 0.0790. The van der Waals surface area contributed by atoms with E-state index in [4.69, 9.17) is 16.7 Å². The van der Waals surface area contributed by atoms with E-state index in [1.165, 1.54) is 0 Å². The van der Waals surface area contributed by atoms with Crippen molar-refractivity contribution in [2.45, 2.75) is 5.38 Å².